The summed E-state index contributed by atoms with van der Waals surface area (Å²) in [4.78, 5) is 26.4. The minimum absolute atomic E-state index is 0.0209. The molecule has 0 saturated heterocycles. The van der Waals surface area contributed by atoms with Crippen LogP contribution in [0.4, 0.5) is 4.79 Å². The fourth-order valence-corrected chi connectivity index (χ4v) is 2.08. The molecular formula is C14H29N3O3. The largest absolute Gasteiger partial charge is 0.480 e. The van der Waals surface area contributed by atoms with Gasteiger partial charge in [-0.15, -0.1) is 0 Å². The Kier molecular flexibility index (Phi) is 8.22. The van der Waals surface area contributed by atoms with Crippen molar-refractivity contribution in [2.24, 2.45) is 5.92 Å². The third-order valence-electron chi connectivity index (χ3n) is 2.86. The van der Waals surface area contributed by atoms with Gasteiger partial charge in [0.25, 0.3) is 0 Å². The number of carboxylic acids is 1. The summed E-state index contributed by atoms with van der Waals surface area (Å²) >= 11 is 0. The van der Waals surface area contributed by atoms with Crippen LogP contribution in [0.3, 0.4) is 0 Å². The molecule has 0 spiro atoms. The molecule has 20 heavy (non-hydrogen) atoms. The summed E-state index contributed by atoms with van der Waals surface area (Å²) in [6, 6.07) is -0.437. The zero-order valence-corrected chi connectivity index (χ0v) is 13.5. The van der Waals surface area contributed by atoms with Gasteiger partial charge in [-0.1, -0.05) is 13.8 Å². The van der Waals surface area contributed by atoms with Crippen molar-refractivity contribution in [3.05, 3.63) is 0 Å². The molecule has 0 radical (unpaired) electrons. The number of hydrogen-bond acceptors (Lipinski definition) is 3. The van der Waals surface area contributed by atoms with Crippen molar-refractivity contribution in [3.8, 4) is 0 Å². The summed E-state index contributed by atoms with van der Waals surface area (Å²) in [7, 11) is 3.91. The van der Waals surface area contributed by atoms with E-state index in [1.165, 1.54) is 4.90 Å². The van der Waals surface area contributed by atoms with Crippen LogP contribution in [0.15, 0.2) is 0 Å². The van der Waals surface area contributed by atoms with Crippen LogP contribution in [0.2, 0.25) is 0 Å². The van der Waals surface area contributed by atoms with Crippen LogP contribution in [0.25, 0.3) is 0 Å². The van der Waals surface area contributed by atoms with Gasteiger partial charge in [0.15, 0.2) is 0 Å². The maximum Gasteiger partial charge on any atom is 0.323 e. The van der Waals surface area contributed by atoms with Gasteiger partial charge in [0, 0.05) is 18.6 Å². The molecule has 2 amide bonds. The van der Waals surface area contributed by atoms with Gasteiger partial charge in [-0.2, -0.15) is 0 Å². The highest BCUT2D eigenvalue weighted by atomic mass is 16.4. The van der Waals surface area contributed by atoms with Gasteiger partial charge in [-0.3, -0.25) is 4.79 Å². The zero-order valence-electron chi connectivity index (χ0n) is 13.5. The zero-order chi connectivity index (χ0) is 15.9. The van der Waals surface area contributed by atoms with Crippen LogP contribution in [0, 0.1) is 5.92 Å². The summed E-state index contributed by atoms with van der Waals surface area (Å²) in [5.41, 5.74) is 0. The van der Waals surface area contributed by atoms with Crippen LogP contribution < -0.4 is 5.32 Å². The third kappa shape index (κ3) is 7.99. The van der Waals surface area contributed by atoms with E-state index in [0.29, 0.717) is 5.92 Å². The third-order valence-corrected chi connectivity index (χ3v) is 2.86. The van der Waals surface area contributed by atoms with E-state index in [9.17, 15) is 9.59 Å². The van der Waals surface area contributed by atoms with Crippen molar-refractivity contribution >= 4 is 12.0 Å². The Hall–Kier alpha value is -1.30. The number of nitrogens with one attached hydrogen (secondary N) is 1. The van der Waals surface area contributed by atoms with Gasteiger partial charge in [0.05, 0.1) is 0 Å². The number of likely N-dealkylation sites (N-methyl/N-ethyl adjacent to an activating group) is 1. The summed E-state index contributed by atoms with van der Waals surface area (Å²) in [5, 5.41) is 11.8. The number of aliphatic carboxylic acids is 1. The number of carboxylic acid groups (broad SMARTS) is 1. The second-order valence-electron chi connectivity index (χ2n) is 6.15. The lowest BCUT2D eigenvalue weighted by Crippen LogP contribution is -2.52. The molecule has 0 bridgehead atoms. The van der Waals surface area contributed by atoms with Crippen molar-refractivity contribution in [2.45, 2.75) is 46.2 Å². The molecule has 0 aliphatic carbocycles. The normalized spacial score (nSPS) is 12.8. The average molecular weight is 287 g/mol. The number of carbonyl (C=O) groups is 2. The van der Waals surface area contributed by atoms with Crippen molar-refractivity contribution < 1.29 is 14.7 Å². The molecule has 6 heteroatoms. The molecule has 0 aliphatic heterocycles. The fourth-order valence-electron chi connectivity index (χ4n) is 2.08. The Morgan fingerprint density at radius 1 is 1.15 bits per heavy atom. The highest BCUT2D eigenvalue weighted by molar-refractivity contribution is 5.80. The van der Waals surface area contributed by atoms with E-state index in [1.807, 2.05) is 32.8 Å². The van der Waals surface area contributed by atoms with Crippen LogP contribution in [-0.2, 0) is 4.79 Å². The SMILES string of the molecule is CC(C)CC(CN(C)C)NC(=O)N(CC(=O)O)C(C)C. The quantitative estimate of drug-likeness (QED) is 0.709. The molecule has 0 aromatic heterocycles. The van der Waals surface area contributed by atoms with E-state index in [1.54, 1.807) is 0 Å². The lowest BCUT2D eigenvalue weighted by atomic mass is 10.0. The highest BCUT2D eigenvalue weighted by Gasteiger charge is 2.23. The van der Waals surface area contributed by atoms with Crippen molar-refractivity contribution in [3.63, 3.8) is 0 Å². The summed E-state index contributed by atoms with van der Waals surface area (Å²) < 4.78 is 0. The van der Waals surface area contributed by atoms with Gasteiger partial charge < -0.3 is 20.2 Å². The maximum absolute atomic E-state index is 12.2. The van der Waals surface area contributed by atoms with Crippen molar-refractivity contribution in [2.75, 3.05) is 27.2 Å². The van der Waals surface area contributed by atoms with Gasteiger partial charge in [-0.05, 0) is 40.3 Å². The molecule has 0 saturated carbocycles. The van der Waals surface area contributed by atoms with Crippen molar-refractivity contribution in [1.82, 2.24) is 15.1 Å². The van der Waals surface area contributed by atoms with Crippen LogP contribution in [0.1, 0.15) is 34.1 Å². The van der Waals surface area contributed by atoms with Crippen LogP contribution >= 0.6 is 0 Å². The fraction of sp³-hybridized carbons (Fsp3) is 0.857. The summed E-state index contributed by atoms with van der Waals surface area (Å²) in [6.45, 7) is 8.29. The first-order valence-corrected chi connectivity index (χ1v) is 7.07. The standard InChI is InChI=1S/C14H29N3O3/c1-10(2)7-12(8-16(5)6)15-14(20)17(11(3)4)9-13(18)19/h10-12H,7-9H2,1-6H3,(H,15,20)(H,18,19). The monoisotopic (exact) mass is 287 g/mol. The van der Waals surface area contributed by atoms with Gasteiger partial charge in [-0.25, -0.2) is 4.79 Å². The van der Waals surface area contributed by atoms with Crippen molar-refractivity contribution in [1.29, 1.82) is 0 Å². The number of carbonyl (C=O) groups excluding carboxylic acids is 1. The smallest absolute Gasteiger partial charge is 0.323 e. The van der Waals surface area contributed by atoms with E-state index in [-0.39, 0.29) is 24.7 Å². The highest BCUT2D eigenvalue weighted by Crippen LogP contribution is 2.07. The molecule has 0 aromatic carbocycles. The van der Waals surface area contributed by atoms with E-state index in [2.05, 4.69) is 19.2 Å². The Balaban J connectivity index is 4.72. The lowest BCUT2D eigenvalue weighted by molar-refractivity contribution is -0.138. The van der Waals surface area contributed by atoms with E-state index >= 15 is 0 Å². The molecule has 0 fully saturated rings. The number of hydrogen-bond donors (Lipinski definition) is 2. The van der Waals surface area contributed by atoms with Gasteiger partial charge in [0.2, 0.25) is 0 Å². The van der Waals surface area contributed by atoms with E-state index in [4.69, 9.17) is 5.11 Å². The first-order chi connectivity index (χ1) is 9.13. The molecule has 6 nitrogen and oxygen atoms in total. The molecule has 0 heterocycles. The minimum atomic E-state index is -0.998. The van der Waals surface area contributed by atoms with E-state index < -0.39 is 5.97 Å². The van der Waals surface area contributed by atoms with Crippen LogP contribution in [0.5, 0.6) is 0 Å². The number of amides is 2. The molecule has 118 valence electrons. The number of rotatable bonds is 8. The molecule has 0 aliphatic rings. The predicted molar refractivity (Wildman–Crippen MR) is 79.8 cm³/mol. The number of nitrogens with zero attached hydrogens (tertiary/aromatic N) is 2. The Labute approximate surface area is 122 Å². The van der Waals surface area contributed by atoms with Crippen LogP contribution in [-0.4, -0.2) is 66.2 Å². The molecule has 1 atom stereocenters. The molecule has 1 unspecified atom stereocenters. The molecule has 2 N–H and O–H groups in total. The Bertz CT molecular complexity index is 307. The minimum Gasteiger partial charge on any atom is -0.480 e. The summed E-state index contributed by atoms with van der Waals surface area (Å²) in [5.74, 6) is -0.533. The Morgan fingerprint density at radius 2 is 1.70 bits per heavy atom. The van der Waals surface area contributed by atoms with E-state index in [0.717, 1.165) is 13.0 Å². The predicted octanol–water partition coefficient (Wildman–Crippen LogP) is 1.47. The molecule has 0 aromatic rings. The first kappa shape index (κ1) is 18.7. The average Bonchev–Trinajstić information content (AvgIpc) is 2.22. The topological polar surface area (TPSA) is 72.9 Å². The lowest BCUT2D eigenvalue weighted by Gasteiger charge is -2.30. The molecule has 0 rings (SSSR count). The molecular weight excluding hydrogens is 258 g/mol. The second kappa shape index (κ2) is 8.79. The van der Waals surface area contributed by atoms with Gasteiger partial charge in [0.1, 0.15) is 6.54 Å². The second-order valence-corrected chi connectivity index (χ2v) is 6.15. The number of urea groups is 1. The Morgan fingerprint density at radius 3 is 2.05 bits per heavy atom. The first-order valence-electron chi connectivity index (χ1n) is 7.07. The van der Waals surface area contributed by atoms with Gasteiger partial charge >= 0.3 is 12.0 Å². The maximum atomic E-state index is 12.2. The summed E-state index contributed by atoms with van der Waals surface area (Å²) in [6.07, 6.45) is 0.864.